The zero-order valence-electron chi connectivity index (χ0n) is 12.0. The van der Waals surface area contributed by atoms with E-state index in [-0.39, 0.29) is 5.91 Å². The maximum absolute atomic E-state index is 11.1. The van der Waals surface area contributed by atoms with Crippen LogP contribution in [0.5, 0.6) is 5.75 Å². The summed E-state index contributed by atoms with van der Waals surface area (Å²) in [7, 11) is 0. The molecule has 1 N–H and O–H groups in total. The molecule has 1 aliphatic rings. The molecule has 1 aliphatic heterocycles. The smallest absolute Gasteiger partial charge is 0.246 e. The number of amides is 1. The van der Waals surface area contributed by atoms with Gasteiger partial charge in [0.05, 0.1) is 18.7 Å². The number of benzene rings is 1. The van der Waals surface area contributed by atoms with E-state index in [0.29, 0.717) is 6.42 Å². The summed E-state index contributed by atoms with van der Waals surface area (Å²) < 4.78 is 5.70. The first-order valence-electron chi connectivity index (χ1n) is 7.38. The van der Waals surface area contributed by atoms with E-state index in [0.717, 1.165) is 30.1 Å². The number of carbonyl (C=O) groups excluding carboxylic acids is 1. The summed E-state index contributed by atoms with van der Waals surface area (Å²) in [6.45, 7) is 2.99. The van der Waals surface area contributed by atoms with Crippen molar-refractivity contribution < 1.29 is 9.53 Å². The van der Waals surface area contributed by atoms with Crippen LogP contribution in [0, 0.1) is 0 Å². The summed E-state index contributed by atoms with van der Waals surface area (Å²) >= 11 is 0. The lowest BCUT2D eigenvalue weighted by Gasteiger charge is -2.07. The number of unbranched alkanes of at least 4 members (excludes halogenated alkanes) is 4. The number of nitrogens with zero attached hydrogens (tertiary/aromatic N) is 1. The molecule has 0 saturated heterocycles. The minimum absolute atomic E-state index is 0.0487. The largest absolute Gasteiger partial charge is 0.494 e. The van der Waals surface area contributed by atoms with Crippen molar-refractivity contribution >= 4 is 11.6 Å². The van der Waals surface area contributed by atoms with E-state index in [9.17, 15) is 4.79 Å². The van der Waals surface area contributed by atoms with Crippen LogP contribution >= 0.6 is 0 Å². The first kappa shape index (κ1) is 14.6. The van der Waals surface area contributed by atoms with Crippen LogP contribution in [0.4, 0.5) is 0 Å². The molecule has 4 nitrogen and oxygen atoms in total. The lowest BCUT2D eigenvalue weighted by atomic mass is 10.1. The first-order chi connectivity index (χ1) is 9.79. The van der Waals surface area contributed by atoms with Crippen molar-refractivity contribution in [3.05, 3.63) is 29.8 Å². The molecule has 2 rings (SSSR count). The Bertz CT molecular complexity index is 466. The van der Waals surface area contributed by atoms with Crippen LogP contribution in [0.3, 0.4) is 0 Å². The van der Waals surface area contributed by atoms with Crippen LogP contribution < -0.4 is 10.2 Å². The predicted molar refractivity (Wildman–Crippen MR) is 80.0 cm³/mol. The SMILES string of the molecule is CCCCCCCOc1ccc(C2=NNC(=O)C2)cc1. The number of hydrazone groups is 1. The van der Waals surface area contributed by atoms with E-state index in [1.165, 1.54) is 25.7 Å². The van der Waals surface area contributed by atoms with Gasteiger partial charge in [0.2, 0.25) is 5.91 Å². The highest BCUT2D eigenvalue weighted by atomic mass is 16.5. The average molecular weight is 274 g/mol. The van der Waals surface area contributed by atoms with Crippen molar-refractivity contribution in [2.75, 3.05) is 6.61 Å². The van der Waals surface area contributed by atoms with Gasteiger partial charge < -0.3 is 4.74 Å². The van der Waals surface area contributed by atoms with E-state index in [4.69, 9.17) is 4.74 Å². The van der Waals surface area contributed by atoms with Crippen molar-refractivity contribution in [3.8, 4) is 5.75 Å². The highest BCUT2D eigenvalue weighted by molar-refractivity contribution is 6.13. The molecular formula is C16H22N2O2. The zero-order valence-corrected chi connectivity index (χ0v) is 12.0. The second kappa shape index (κ2) is 7.68. The Hall–Kier alpha value is -1.84. The van der Waals surface area contributed by atoms with Crippen molar-refractivity contribution in [2.24, 2.45) is 5.10 Å². The number of rotatable bonds is 8. The van der Waals surface area contributed by atoms with E-state index in [1.807, 2.05) is 24.3 Å². The van der Waals surface area contributed by atoms with Crippen LogP contribution in [-0.2, 0) is 4.79 Å². The van der Waals surface area contributed by atoms with Gasteiger partial charge >= 0.3 is 0 Å². The summed E-state index contributed by atoms with van der Waals surface area (Å²) in [5.74, 6) is 0.828. The topological polar surface area (TPSA) is 50.7 Å². The minimum Gasteiger partial charge on any atom is -0.494 e. The lowest BCUT2D eigenvalue weighted by molar-refractivity contribution is -0.119. The van der Waals surface area contributed by atoms with Crippen LogP contribution in [0.1, 0.15) is 51.0 Å². The molecule has 0 aliphatic carbocycles. The first-order valence-corrected chi connectivity index (χ1v) is 7.38. The van der Waals surface area contributed by atoms with Gasteiger partial charge in [0, 0.05) is 0 Å². The van der Waals surface area contributed by atoms with Gasteiger partial charge in [-0.2, -0.15) is 5.10 Å². The maximum Gasteiger partial charge on any atom is 0.246 e. The third-order valence-electron chi connectivity index (χ3n) is 3.35. The zero-order chi connectivity index (χ0) is 14.2. The molecule has 0 spiro atoms. The molecule has 0 fully saturated rings. The standard InChI is InChI=1S/C16H22N2O2/c1-2-3-4-5-6-11-20-14-9-7-13(8-10-14)15-12-16(19)18-17-15/h7-10H,2-6,11-12H2,1H3,(H,18,19). The van der Waals surface area contributed by atoms with Crippen LogP contribution in [0.2, 0.25) is 0 Å². The monoisotopic (exact) mass is 274 g/mol. The van der Waals surface area contributed by atoms with E-state index >= 15 is 0 Å². The summed E-state index contributed by atoms with van der Waals surface area (Å²) in [4.78, 5) is 11.1. The Labute approximate surface area is 120 Å². The molecule has 108 valence electrons. The van der Waals surface area contributed by atoms with Gasteiger partial charge in [-0.15, -0.1) is 0 Å². The van der Waals surface area contributed by atoms with E-state index < -0.39 is 0 Å². The third kappa shape index (κ3) is 4.37. The maximum atomic E-state index is 11.1. The molecule has 1 amide bonds. The molecule has 0 radical (unpaired) electrons. The summed E-state index contributed by atoms with van der Waals surface area (Å²) in [5, 5.41) is 4.00. The lowest BCUT2D eigenvalue weighted by Crippen LogP contribution is -2.09. The van der Waals surface area contributed by atoms with E-state index in [1.54, 1.807) is 0 Å². The van der Waals surface area contributed by atoms with Crippen molar-refractivity contribution in [2.45, 2.75) is 45.4 Å². The number of hydrogen-bond donors (Lipinski definition) is 1. The summed E-state index contributed by atoms with van der Waals surface area (Å²) in [6.07, 6.45) is 6.56. The Morgan fingerprint density at radius 1 is 1.15 bits per heavy atom. The Kier molecular flexibility index (Phi) is 5.59. The van der Waals surface area contributed by atoms with Crippen LogP contribution in [0.15, 0.2) is 29.4 Å². The third-order valence-corrected chi connectivity index (χ3v) is 3.35. The van der Waals surface area contributed by atoms with Crippen LogP contribution in [0.25, 0.3) is 0 Å². The molecular weight excluding hydrogens is 252 g/mol. The number of carbonyl (C=O) groups is 1. The van der Waals surface area contributed by atoms with Gasteiger partial charge in [-0.3, -0.25) is 4.79 Å². The molecule has 0 aromatic heterocycles. The quantitative estimate of drug-likeness (QED) is 0.740. The molecule has 0 bridgehead atoms. The molecule has 0 atom stereocenters. The highest BCUT2D eigenvalue weighted by Gasteiger charge is 2.15. The van der Waals surface area contributed by atoms with Crippen molar-refractivity contribution in [1.82, 2.24) is 5.43 Å². The van der Waals surface area contributed by atoms with Gasteiger partial charge in [0.1, 0.15) is 5.75 Å². The predicted octanol–water partition coefficient (Wildman–Crippen LogP) is 3.26. The highest BCUT2D eigenvalue weighted by Crippen LogP contribution is 2.16. The molecule has 1 heterocycles. The van der Waals surface area contributed by atoms with Gasteiger partial charge in [-0.1, -0.05) is 32.6 Å². The Balaban J connectivity index is 1.73. The molecule has 0 unspecified atom stereocenters. The Morgan fingerprint density at radius 2 is 1.90 bits per heavy atom. The van der Waals surface area contributed by atoms with E-state index in [2.05, 4.69) is 17.5 Å². The Morgan fingerprint density at radius 3 is 2.55 bits per heavy atom. The number of ether oxygens (including phenoxy) is 1. The average Bonchev–Trinajstić information content (AvgIpc) is 2.90. The van der Waals surface area contributed by atoms with Crippen molar-refractivity contribution in [1.29, 1.82) is 0 Å². The minimum atomic E-state index is -0.0487. The summed E-state index contributed by atoms with van der Waals surface area (Å²) in [6, 6.07) is 7.77. The summed E-state index contributed by atoms with van der Waals surface area (Å²) in [5.41, 5.74) is 4.22. The fourth-order valence-corrected chi connectivity index (χ4v) is 2.17. The van der Waals surface area contributed by atoms with Gasteiger partial charge in [-0.25, -0.2) is 5.43 Å². The fourth-order valence-electron chi connectivity index (χ4n) is 2.17. The fraction of sp³-hybridized carbons (Fsp3) is 0.500. The van der Waals surface area contributed by atoms with Crippen LogP contribution in [-0.4, -0.2) is 18.2 Å². The number of nitrogens with one attached hydrogen (secondary N) is 1. The second-order valence-corrected chi connectivity index (χ2v) is 5.06. The molecule has 4 heteroatoms. The van der Waals surface area contributed by atoms with Gasteiger partial charge in [-0.05, 0) is 36.2 Å². The molecule has 1 aromatic rings. The molecule has 1 aromatic carbocycles. The van der Waals surface area contributed by atoms with Crippen molar-refractivity contribution in [3.63, 3.8) is 0 Å². The normalized spacial score (nSPS) is 14.1. The second-order valence-electron chi connectivity index (χ2n) is 5.06. The molecule has 20 heavy (non-hydrogen) atoms. The van der Waals surface area contributed by atoms with Gasteiger partial charge in [0.15, 0.2) is 0 Å². The van der Waals surface area contributed by atoms with Gasteiger partial charge in [0.25, 0.3) is 0 Å². The number of hydrogen-bond acceptors (Lipinski definition) is 3. The molecule has 0 saturated carbocycles.